The Morgan fingerprint density at radius 3 is 2.65 bits per heavy atom. The van der Waals surface area contributed by atoms with Crippen molar-refractivity contribution in [3.8, 4) is 22.4 Å². The van der Waals surface area contributed by atoms with Gasteiger partial charge < -0.3 is 5.73 Å². The average molecular weight is 332 g/mol. The minimum atomic E-state index is 0.482. The summed E-state index contributed by atoms with van der Waals surface area (Å²) in [7, 11) is 1.90. The Morgan fingerprint density at radius 2 is 2.00 bits per heavy atom. The zero-order valence-corrected chi connectivity index (χ0v) is 12.8. The second-order valence-corrected chi connectivity index (χ2v) is 5.49. The number of aromatic nitrogens is 4. The van der Waals surface area contributed by atoms with Crippen molar-refractivity contribution in [2.45, 2.75) is 6.92 Å². The molecule has 102 valence electrons. The standard InChI is InChI=1S/C14H14BrN5/c1-8-10(7-20(2)19-8)13-12(14(16)18-17-13)9-5-3-4-6-11(9)15/h3-7H,1-2H3,(H3,16,17,18). The number of halogens is 1. The molecule has 0 fully saturated rings. The lowest BCUT2D eigenvalue weighted by Gasteiger charge is -2.06. The molecule has 2 heterocycles. The zero-order chi connectivity index (χ0) is 14.3. The maximum atomic E-state index is 6.05. The van der Waals surface area contributed by atoms with Gasteiger partial charge in [-0.05, 0) is 13.0 Å². The number of hydrogen-bond acceptors (Lipinski definition) is 3. The molecule has 0 aliphatic rings. The van der Waals surface area contributed by atoms with Crippen LogP contribution >= 0.6 is 15.9 Å². The number of nitrogens with two attached hydrogens (primary N) is 1. The highest BCUT2D eigenvalue weighted by Gasteiger charge is 2.19. The minimum Gasteiger partial charge on any atom is -0.382 e. The van der Waals surface area contributed by atoms with Gasteiger partial charge in [-0.1, -0.05) is 34.1 Å². The number of nitrogens with zero attached hydrogens (tertiary/aromatic N) is 3. The minimum absolute atomic E-state index is 0.482. The first kappa shape index (κ1) is 12.9. The molecule has 0 radical (unpaired) electrons. The molecule has 0 spiro atoms. The van der Waals surface area contributed by atoms with E-state index >= 15 is 0 Å². The lowest BCUT2D eigenvalue weighted by atomic mass is 10.0. The molecule has 0 amide bonds. The molecule has 0 aliphatic heterocycles. The number of aryl methyl sites for hydroxylation is 2. The third-order valence-corrected chi connectivity index (χ3v) is 3.91. The smallest absolute Gasteiger partial charge is 0.153 e. The molecule has 2 aromatic heterocycles. The number of aromatic amines is 1. The zero-order valence-electron chi connectivity index (χ0n) is 11.2. The van der Waals surface area contributed by atoms with Gasteiger partial charge in [0.1, 0.15) is 0 Å². The first-order chi connectivity index (χ1) is 9.58. The van der Waals surface area contributed by atoms with Crippen LogP contribution in [0.2, 0.25) is 0 Å². The highest BCUT2D eigenvalue weighted by atomic mass is 79.9. The SMILES string of the molecule is Cc1nn(C)cc1-c1[nH]nc(N)c1-c1ccccc1Br. The summed E-state index contributed by atoms with van der Waals surface area (Å²) in [4.78, 5) is 0. The molecule has 0 saturated heterocycles. The molecule has 6 heteroatoms. The van der Waals surface area contributed by atoms with Gasteiger partial charge in [0, 0.05) is 28.8 Å². The molecule has 3 aromatic rings. The van der Waals surface area contributed by atoms with Crippen molar-refractivity contribution in [1.29, 1.82) is 0 Å². The molecular formula is C14H14BrN5. The fourth-order valence-electron chi connectivity index (χ4n) is 2.33. The lowest BCUT2D eigenvalue weighted by molar-refractivity contribution is 0.756. The Kier molecular flexibility index (Phi) is 3.10. The summed E-state index contributed by atoms with van der Waals surface area (Å²) < 4.78 is 2.77. The van der Waals surface area contributed by atoms with E-state index in [4.69, 9.17) is 5.73 Å². The molecule has 20 heavy (non-hydrogen) atoms. The van der Waals surface area contributed by atoms with Gasteiger partial charge in [-0.2, -0.15) is 10.2 Å². The summed E-state index contributed by atoms with van der Waals surface area (Å²) in [6.07, 6.45) is 1.96. The van der Waals surface area contributed by atoms with Gasteiger partial charge in [0.2, 0.25) is 0 Å². The van der Waals surface area contributed by atoms with E-state index < -0.39 is 0 Å². The van der Waals surface area contributed by atoms with Crippen LogP contribution in [0.3, 0.4) is 0 Å². The Morgan fingerprint density at radius 1 is 1.25 bits per heavy atom. The quantitative estimate of drug-likeness (QED) is 0.757. The summed E-state index contributed by atoms with van der Waals surface area (Å²) in [6.45, 7) is 1.97. The van der Waals surface area contributed by atoms with Gasteiger partial charge in [0.25, 0.3) is 0 Å². The second kappa shape index (κ2) is 4.79. The van der Waals surface area contributed by atoms with Gasteiger partial charge in [0.05, 0.1) is 17.0 Å². The van der Waals surface area contributed by atoms with Crippen molar-refractivity contribution in [2.24, 2.45) is 7.05 Å². The summed E-state index contributed by atoms with van der Waals surface area (Å²) in [5, 5.41) is 11.5. The van der Waals surface area contributed by atoms with Crippen LogP contribution in [0.5, 0.6) is 0 Å². The van der Waals surface area contributed by atoms with E-state index in [1.54, 1.807) is 4.68 Å². The summed E-state index contributed by atoms with van der Waals surface area (Å²) in [5.74, 6) is 0.482. The average Bonchev–Trinajstić information content (AvgIpc) is 2.93. The Hall–Kier alpha value is -2.08. The predicted molar refractivity (Wildman–Crippen MR) is 83.1 cm³/mol. The number of nitrogens with one attached hydrogen (secondary N) is 1. The molecule has 3 rings (SSSR count). The third kappa shape index (κ3) is 2.02. The van der Waals surface area contributed by atoms with Crippen molar-refractivity contribution >= 4 is 21.7 Å². The Bertz CT molecular complexity index is 772. The van der Waals surface area contributed by atoms with E-state index in [1.807, 2.05) is 44.4 Å². The molecular weight excluding hydrogens is 318 g/mol. The van der Waals surface area contributed by atoms with Crippen LogP contribution in [0, 0.1) is 6.92 Å². The molecule has 1 aromatic carbocycles. The number of rotatable bonds is 2. The van der Waals surface area contributed by atoms with E-state index in [0.29, 0.717) is 5.82 Å². The van der Waals surface area contributed by atoms with E-state index in [2.05, 4.69) is 31.2 Å². The van der Waals surface area contributed by atoms with Crippen LogP contribution in [0.1, 0.15) is 5.69 Å². The third-order valence-electron chi connectivity index (χ3n) is 3.22. The Labute approximate surface area is 124 Å². The molecule has 3 N–H and O–H groups in total. The summed E-state index contributed by atoms with van der Waals surface area (Å²) in [5.41, 5.74) is 10.8. The largest absolute Gasteiger partial charge is 0.382 e. The van der Waals surface area contributed by atoms with E-state index in [1.165, 1.54) is 0 Å². The van der Waals surface area contributed by atoms with Crippen molar-refractivity contribution in [3.05, 3.63) is 40.6 Å². The fraction of sp³-hybridized carbons (Fsp3) is 0.143. The topological polar surface area (TPSA) is 72.5 Å². The normalized spacial score (nSPS) is 10.9. The first-order valence-corrected chi connectivity index (χ1v) is 6.96. The van der Waals surface area contributed by atoms with Gasteiger partial charge in [0.15, 0.2) is 5.82 Å². The van der Waals surface area contributed by atoms with E-state index in [9.17, 15) is 0 Å². The van der Waals surface area contributed by atoms with Crippen LogP contribution in [0.25, 0.3) is 22.4 Å². The molecule has 0 unspecified atom stereocenters. The highest BCUT2D eigenvalue weighted by molar-refractivity contribution is 9.10. The van der Waals surface area contributed by atoms with Gasteiger partial charge >= 0.3 is 0 Å². The molecule has 0 bridgehead atoms. The molecule has 5 nitrogen and oxygen atoms in total. The maximum absolute atomic E-state index is 6.05. The number of hydrogen-bond donors (Lipinski definition) is 2. The monoisotopic (exact) mass is 331 g/mol. The molecule has 0 saturated carbocycles. The first-order valence-electron chi connectivity index (χ1n) is 6.17. The van der Waals surface area contributed by atoms with Crippen molar-refractivity contribution in [2.75, 3.05) is 5.73 Å². The van der Waals surface area contributed by atoms with E-state index in [0.717, 1.165) is 32.6 Å². The van der Waals surface area contributed by atoms with Crippen molar-refractivity contribution in [1.82, 2.24) is 20.0 Å². The number of anilines is 1. The summed E-state index contributed by atoms with van der Waals surface area (Å²) in [6, 6.07) is 7.95. The van der Waals surface area contributed by atoms with Crippen molar-refractivity contribution < 1.29 is 0 Å². The predicted octanol–water partition coefficient (Wildman–Crippen LogP) is 3.13. The van der Waals surface area contributed by atoms with Crippen LogP contribution in [-0.4, -0.2) is 20.0 Å². The second-order valence-electron chi connectivity index (χ2n) is 4.64. The van der Waals surface area contributed by atoms with Gasteiger partial charge in [-0.15, -0.1) is 0 Å². The van der Waals surface area contributed by atoms with Crippen molar-refractivity contribution in [3.63, 3.8) is 0 Å². The number of benzene rings is 1. The van der Waals surface area contributed by atoms with Crippen LogP contribution in [0.15, 0.2) is 34.9 Å². The highest BCUT2D eigenvalue weighted by Crippen LogP contribution is 2.38. The Balaban J connectivity index is 2.26. The molecule has 0 atom stereocenters. The maximum Gasteiger partial charge on any atom is 0.153 e. The lowest BCUT2D eigenvalue weighted by Crippen LogP contribution is -1.90. The van der Waals surface area contributed by atoms with Crippen LogP contribution < -0.4 is 5.73 Å². The summed E-state index contributed by atoms with van der Waals surface area (Å²) >= 11 is 3.56. The van der Waals surface area contributed by atoms with Crippen LogP contribution in [0.4, 0.5) is 5.82 Å². The van der Waals surface area contributed by atoms with Crippen LogP contribution in [-0.2, 0) is 7.05 Å². The van der Waals surface area contributed by atoms with E-state index in [-0.39, 0.29) is 0 Å². The van der Waals surface area contributed by atoms with Gasteiger partial charge in [-0.25, -0.2) is 0 Å². The number of nitrogen functional groups attached to an aromatic ring is 1. The molecule has 0 aliphatic carbocycles. The number of H-pyrrole nitrogens is 1. The fourth-order valence-corrected chi connectivity index (χ4v) is 2.82. The van der Waals surface area contributed by atoms with Gasteiger partial charge in [-0.3, -0.25) is 9.78 Å².